The maximum absolute atomic E-state index is 13.7. The summed E-state index contributed by atoms with van der Waals surface area (Å²) in [4.78, 5) is 16.5. The van der Waals surface area contributed by atoms with Gasteiger partial charge in [0.25, 0.3) is 0 Å². The third-order valence-corrected chi connectivity index (χ3v) is 3.77. The maximum Gasteiger partial charge on any atom is 0.242 e. The summed E-state index contributed by atoms with van der Waals surface area (Å²) in [5.74, 6) is -0.0720. The topological polar surface area (TPSA) is 46.9 Å². The maximum atomic E-state index is 13.7. The van der Waals surface area contributed by atoms with Crippen LogP contribution in [-0.2, 0) is 10.7 Å². The molecule has 114 valence electrons. The summed E-state index contributed by atoms with van der Waals surface area (Å²) in [5.41, 5.74) is 1.03. The minimum Gasteiger partial charge on any atom is -0.354 e. The molecule has 1 atom stereocenters. The second-order valence-corrected chi connectivity index (χ2v) is 5.43. The van der Waals surface area contributed by atoms with Crippen LogP contribution < -0.4 is 5.32 Å². The Morgan fingerprint density at radius 3 is 2.86 bits per heavy atom. The molecule has 0 fully saturated rings. The predicted molar refractivity (Wildman–Crippen MR) is 82.3 cm³/mol. The highest BCUT2D eigenvalue weighted by Crippen LogP contribution is 2.27. The molecule has 1 heterocycles. The number of hydrogen-bond acceptors (Lipinski definition) is 2. The van der Waals surface area contributed by atoms with Crippen LogP contribution in [0.2, 0.25) is 5.02 Å². The Morgan fingerprint density at radius 2 is 2.24 bits per heavy atom. The van der Waals surface area contributed by atoms with Gasteiger partial charge < -0.3 is 9.88 Å². The standard InChI is InChI=1S/C14H16Cl2FN3O/c1-3-4-18-14(21)8(2)20-12-6-10(17)9(16)5-11(12)19-13(20)7-15/h5-6,8H,3-4,7H2,1-2H3,(H,18,21). The number of alkyl halides is 1. The Kier molecular flexibility index (Phi) is 5.06. The van der Waals surface area contributed by atoms with E-state index in [1.807, 2.05) is 6.92 Å². The highest BCUT2D eigenvalue weighted by Gasteiger charge is 2.21. The van der Waals surface area contributed by atoms with E-state index in [1.165, 1.54) is 12.1 Å². The molecule has 21 heavy (non-hydrogen) atoms. The summed E-state index contributed by atoms with van der Waals surface area (Å²) in [7, 11) is 0. The number of nitrogens with zero attached hydrogens (tertiary/aromatic N) is 2. The quantitative estimate of drug-likeness (QED) is 0.850. The van der Waals surface area contributed by atoms with Gasteiger partial charge in [-0.2, -0.15) is 0 Å². The van der Waals surface area contributed by atoms with Crippen molar-refractivity contribution in [3.63, 3.8) is 0 Å². The molecule has 0 bridgehead atoms. The number of aromatic nitrogens is 2. The predicted octanol–water partition coefficient (Wildman–Crippen LogP) is 3.65. The molecule has 1 amide bonds. The molecule has 7 heteroatoms. The zero-order valence-corrected chi connectivity index (χ0v) is 13.3. The van der Waals surface area contributed by atoms with Crippen LogP contribution in [0.15, 0.2) is 12.1 Å². The summed E-state index contributed by atoms with van der Waals surface area (Å²) < 4.78 is 15.3. The number of halogens is 3. The largest absolute Gasteiger partial charge is 0.354 e. The van der Waals surface area contributed by atoms with E-state index in [0.29, 0.717) is 23.4 Å². The average Bonchev–Trinajstić information content (AvgIpc) is 2.81. The number of rotatable bonds is 5. The van der Waals surface area contributed by atoms with Crippen molar-refractivity contribution in [1.29, 1.82) is 0 Å². The SMILES string of the molecule is CCCNC(=O)C(C)n1c(CCl)nc2cc(Cl)c(F)cc21. The van der Waals surface area contributed by atoms with Crippen molar-refractivity contribution in [3.05, 3.63) is 28.8 Å². The van der Waals surface area contributed by atoms with Crippen LogP contribution in [-0.4, -0.2) is 22.0 Å². The fourth-order valence-electron chi connectivity index (χ4n) is 2.18. The van der Waals surface area contributed by atoms with Gasteiger partial charge in [-0.1, -0.05) is 18.5 Å². The number of fused-ring (bicyclic) bond motifs is 1. The van der Waals surface area contributed by atoms with E-state index >= 15 is 0 Å². The summed E-state index contributed by atoms with van der Waals surface area (Å²) in [5, 5.41) is 2.81. The van der Waals surface area contributed by atoms with Crippen molar-refractivity contribution in [1.82, 2.24) is 14.9 Å². The number of carbonyl (C=O) groups excluding carboxylic acids is 1. The minimum atomic E-state index is -0.549. The molecule has 0 saturated carbocycles. The zero-order chi connectivity index (χ0) is 15.6. The van der Waals surface area contributed by atoms with Crippen molar-refractivity contribution < 1.29 is 9.18 Å². The Bertz CT molecular complexity index is 672. The highest BCUT2D eigenvalue weighted by atomic mass is 35.5. The zero-order valence-electron chi connectivity index (χ0n) is 11.8. The van der Waals surface area contributed by atoms with Gasteiger partial charge in [0.2, 0.25) is 5.91 Å². The van der Waals surface area contributed by atoms with E-state index in [0.717, 1.165) is 6.42 Å². The number of amides is 1. The summed E-state index contributed by atoms with van der Waals surface area (Å²) in [6.45, 7) is 4.29. The lowest BCUT2D eigenvalue weighted by atomic mass is 10.2. The van der Waals surface area contributed by atoms with Gasteiger partial charge in [-0.05, 0) is 19.4 Å². The summed E-state index contributed by atoms with van der Waals surface area (Å²) >= 11 is 11.7. The third kappa shape index (κ3) is 3.14. The molecular formula is C14H16Cl2FN3O. The van der Waals surface area contributed by atoms with E-state index in [-0.39, 0.29) is 16.8 Å². The Hall–Kier alpha value is -1.33. The van der Waals surface area contributed by atoms with Gasteiger partial charge in [-0.15, -0.1) is 11.6 Å². The molecule has 0 radical (unpaired) electrons. The Balaban J connectivity index is 2.50. The van der Waals surface area contributed by atoms with E-state index in [4.69, 9.17) is 23.2 Å². The van der Waals surface area contributed by atoms with Gasteiger partial charge in [0, 0.05) is 12.6 Å². The van der Waals surface area contributed by atoms with Crippen LogP contribution in [0.5, 0.6) is 0 Å². The lowest BCUT2D eigenvalue weighted by molar-refractivity contribution is -0.123. The highest BCUT2D eigenvalue weighted by molar-refractivity contribution is 6.31. The summed E-state index contributed by atoms with van der Waals surface area (Å²) in [6.07, 6.45) is 0.843. The first-order valence-corrected chi connectivity index (χ1v) is 7.60. The first-order valence-electron chi connectivity index (χ1n) is 6.69. The molecule has 0 spiro atoms. The lowest BCUT2D eigenvalue weighted by Gasteiger charge is -2.16. The number of benzene rings is 1. The van der Waals surface area contributed by atoms with Gasteiger partial charge in [0.1, 0.15) is 17.7 Å². The van der Waals surface area contributed by atoms with Crippen LogP contribution in [0.25, 0.3) is 11.0 Å². The first kappa shape index (κ1) is 16.0. The van der Waals surface area contributed by atoms with Gasteiger partial charge in [0.05, 0.1) is 21.9 Å². The third-order valence-electron chi connectivity index (χ3n) is 3.24. The van der Waals surface area contributed by atoms with Crippen LogP contribution in [0, 0.1) is 5.82 Å². The van der Waals surface area contributed by atoms with Crippen molar-refractivity contribution >= 4 is 40.1 Å². The summed E-state index contributed by atoms with van der Waals surface area (Å²) in [6, 6.07) is 2.19. The van der Waals surface area contributed by atoms with Crippen LogP contribution >= 0.6 is 23.2 Å². The molecule has 0 saturated heterocycles. The molecule has 0 aliphatic heterocycles. The fourth-order valence-corrected chi connectivity index (χ4v) is 2.53. The van der Waals surface area contributed by atoms with Crippen molar-refractivity contribution in [2.24, 2.45) is 0 Å². The van der Waals surface area contributed by atoms with Crippen LogP contribution in [0.3, 0.4) is 0 Å². The van der Waals surface area contributed by atoms with Crippen LogP contribution in [0.1, 0.15) is 32.1 Å². The average molecular weight is 332 g/mol. The van der Waals surface area contributed by atoms with E-state index < -0.39 is 11.9 Å². The molecular weight excluding hydrogens is 316 g/mol. The first-order chi connectivity index (χ1) is 9.99. The monoisotopic (exact) mass is 331 g/mol. The minimum absolute atomic E-state index is 0.00337. The molecule has 1 N–H and O–H groups in total. The Labute approximate surface area is 132 Å². The lowest BCUT2D eigenvalue weighted by Crippen LogP contribution is -2.32. The number of imidazole rings is 1. The second-order valence-electron chi connectivity index (χ2n) is 4.75. The number of carbonyl (C=O) groups is 1. The molecule has 1 aromatic heterocycles. The molecule has 4 nitrogen and oxygen atoms in total. The smallest absolute Gasteiger partial charge is 0.242 e. The van der Waals surface area contributed by atoms with Crippen molar-refractivity contribution in [3.8, 4) is 0 Å². The van der Waals surface area contributed by atoms with Gasteiger partial charge in [0.15, 0.2) is 0 Å². The number of nitrogens with one attached hydrogen (secondary N) is 1. The van der Waals surface area contributed by atoms with Crippen molar-refractivity contribution in [2.75, 3.05) is 6.54 Å². The molecule has 2 aromatic rings. The molecule has 0 aliphatic rings. The van der Waals surface area contributed by atoms with E-state index in [9.17, 15) is 9.18 Å². The normalized spacial score (nSPS) is 12.6. The molecule has 0 aliphatic carbocycles. The Morgan fingerprint density at radius 1 is 1.52 bits per heavy atom. The van der Waals surface area contributed by atoms with Gasteiger partial charge in [-0.25, -0.2) is 9.37 Å². The van der Waals surface area contributed by atoms with Gasteiger partial charge >= 0.3 is 0 Å². The molecule has 1 unspecified atom stereocenters. The molecule has 1 aromatic carbocycles. The van der Waals surface area contributed by atoms with Gasteiger partial charge in [-0.3, -0.25) is 4.79 Å². The number of hydrogen-bond donors (Lipinski definition) is 1. The van der Waals surface area contributed by atoms with Crippen molar-refractivity contribution in [2.45, 2.75) is 32.2 Å². The van der Waals surface area contributed by atoms with E-state index in [2.05, 4.69) is 10.3 Å². The van der Waals surface area contributed by atoms with E-state index in [1.54, 1.807) is 11.5 Å². The van der Waals surface area contributed by atoms with Crippen LogP contribution in [0.4, 0.5) is 4.39 Å². The fraction of sp³-hybridized carbons (Fsp3) is 0.429. The second kappa shape index (κ2) is 6.62. The molecule has 2 rings (SSSR count).